The highest BCUT2D eigenvalue weighted by atomic mass is 14.7. The number of amidine groups is 1. The Labute approximate surface area is 106 Å². The first-order valence-corrected chi connectivity index (χ1v) is 5.64. The molecule has 2 aromatic rings. The van der Waals surface area contributed by atoms with Gasteiger partial charge in [-0.15, -0.1) is 0 Å². The van der Waals surface area contributed by atoms with Gasteiger partial charge in [0, 0.05) is 11.3 Å². The molecule has 5 N–H and O–H groups in total. The van der Waals surface area contributed by atoms with E-state index >= 15 is 0 Å². The Morgan fingerprint density at radius 3 is 2.33 bits per heavy atom. The molecule has 3 heteroatoms. The van der Waals surface area contributed by atoms with E-state index in [-0.39, 0.29) is 5.84 Å². The van der Waals surface area contributed by atoms with Crippen LogP contribution in [-0.2, 0) is 0 Å². The fraction of sp³-hybridized carbons (Fsp3) is 0. The summed E-state index contributed by atoms with van der Waals surface area (Å²) in [6.45, 7) is 0. The second kappa shape index (κ2) is 5.19. The topological polar surface area (TPSA) is 75.9 Å². The SMILES string of the molecule is N=C(N)c1c(N)cccc1C=Cc1ccccc1. The maximum atomic E-state index is 7.56. The second-order valence-corrected chi connectivity index (χ2v) is 3.97. The highest BCUT2D eigenvalue weighted by Crippen LogP contribution is 2.19. The minimum Gasteiger partial charge on any atom is -0.398 e. The molecule has 0 heterocycles. The molecule has 2 rings (SSSR count). The Bertz CT molecular complexity index is 586. The van der Waals surface area contributed by atoms with Crippen LogP contribution in [0.25, 0.3) is 12.2 Å². The Morgan fingerprint density at radius 2 is 1.67 bits per heavy atom. The zero-order chi connectivity index (χ0) is 13.0. The predicted octanol–water partition coefficient (Wildman–Crippen LogP) is 2.72. The molecule has 0 amide bonds. The molecule has 2 aromatic carbocycles. The largest absolute Gasteiger partial charge is 0.398 e. The lowest BCUT2D eigenvalue weighted by Crippen LogP contribution is -2.15. The summed E-state index contributed by atoms with van der Waals surface area (Å²) in [5, 5.41) is 7.56. The normalized spacial score (nSPS) is 10.7. The van der Waals surface area contributed by atoms with Crippen molar-refractivity contribution in [2.75, 3.05) is 5.73 Å². The van der Waals surface area contributed by atoms with Crippen LogP contribution in [0.3, 0.4) is 0 Å². The van der Waals surface area contributed by atoms with Crippen molar-refractivity contribution < 1.29 is 0 Å². The van der Waals surface area contributed by atoms with E-state index in [2.05, 4.69) is 0 Å². The standard InChI is InChI=1S/C15H15N3/c16-13-8-4-7-12(14(13)15(17)18)10-9-11-5-2-1-3-6-11/h1-10H,16H2,(H3,17,18). The van der Waals surface area contributed by atoms with Crippen LogP contribution in [0, 0.1) is 5.41 Å². The number of rotatable bonds is 3. The maximum Gasteiger partial charge on any atom is 0.125 e. The Balaban J connectivity index is 2.38. The fourth-order valence-corrected chi connectivity index (χ4v) is 1.79. The van der Waals surface area contributed by atoms with Crippen LogP contribution in [0.15, 0.2) is 48.5 Å². The van der Waals surface area contributed by atoms with Crippen LogP contribution in [-0.4, -0.2) is 5.84 Å². The highest BCUT2D eigenvalue weighted by Gasteiger charge is 2.06. The van der Waals surface area contributed by atoms with E-state index in [0.717, 1.165) is 11.1 Å². The van der Waals surface area contributed by atoms with Crippen LogP contribution in [0.5, 0.6) is 0 Å². The van der Waals surface area contributed by atoms with E-state index in [4.69, 9.17) is 16.9 Å². The summed E-state index contributed by atoms with van der Waals surface area (Å²) in [5.41, 5.74) is 14.4. The lowest BCUT2D eigenvalue weighted by molar-refractivity contribution is 1.42. The Hall–Kier alpha value is -2.55. The van der Waals surface area contributed by atoms with Gasteiger partial charge in [0.15, 0.2) is 0 Å². The second-order valence-electron chi connectivity index (χ2n) is 3.97. The molecule has 0 atom stereocenters. The number of benzene rings is 2. The Kier molecular flexibility index (Phi) is 3.44. The molecule has 0 saturated heterocycles. The molecule has 90 valence electrons. The molecule has 0 aromatic heterocycles. The first-order valence-electron chi connectivity index (χ1n) is 5.64. The third-order valence-electron chi connectivity index (χ3n) is 2.65. The first-order chi connectivity index (χ1) is 8.68. The van der Waals surface area contributed by atoms with Gasteiger partial charge in [0.05, 0.1) is 0 Å². The molecule has 0 fully saturated rings. The van der Waals surface area contributed by atoms with Gasteiger partial charge in [-0.05, 0) is 17.2 Å². The summed E-state index contributed by atoms with van der Waals surface area (Å²) in [5.74, 6) is -0.0131. The van der Waals surface area contributed by atoms with Crippen molar-refractivity contribution in [3.63, 3.8) is 0 Å². The summed E-state index contributed by atoms with van der Waals surface area (Å²) in [6.07, 6.45) is 3.89. The molecule has 0 unspecified atom stereocenters. The van der Waals surface area contributed by atoms with E-state index in [9.17, 15) is 0 Å². The first kappa shape index (κ1) is 11.9. The van der Waals surface area contributed by atoms with Gasteiger partial charge < -0.3 is 11.5 Å². The molecule has 0 bridgehead atoms. The van der Waals surface area contributed by atoms with E-state index in [1.54, 1.807) is 6.07 Å². The number of nitrogens with one attached hydrogen (secondary N) is 1. The van der Waals surface area contributed by atoms with Crippen molar-refractivity contribution >= 4 is 23.7 Å². The summed E-state index contributed by atoms with van der Waals surface area (Å²) in [7, 11) is 0. The summed E-state index contributed by atoms with van der Waals surface area (Å²) in [6, 6.07) is 15.4. The van der Waals surface area contributed by atoms with Crippen molar-refractivity contribution in [3.8, 4) is 0 Å². The Morgan fingerprint density at radius 1 is 0.944 bits per heavy atom. The van der Waals surface area contributed by atoms with E-state index in [1.165, 1.54) is 0 Å². The molecule has 0 radical (unpaired) electrons. The smallest absolute Gasteiger partial charge is 0.125 e. The molecule has 0 spiro atoms. The van der Waals surface area contributed by atoms with Gasteiger partial charge in [0.2, 0.25) is 0 Å². The van der Waals surface area contributed by atoms with Gasteiger partial charge >= 0.3 is 0 Å². The molecular formula is C15H15N3. The molecule has 18 heavy (non-hydrogen) atoms. The van der Waals surface area contributed by atoms with E-state index in [0.29, 0.717) is 11.3 Å². The third kappa shape index (κ3) is 2.58. The molecule has 0 aliphatic rings. The number of nitrogen functional groups attached to an aromatic ring is 2. The number of hydrogen-bond donors (Lipinski definition) is 3. The zero-order valence-electron chi connectivity index (χ0n) is 9.93. The van der Waals surface area contributed by atoms with Crippen molar-refractivity contribution in [3.05, 3.63) is 65.2 Å². The maximum absolute atomic E-state index is 7.56. The van der Waals surface area contributed by atoms with Gasteiger partial charge in [-0.3, -0.25) is 5.41 Å². The van der Waals surface area contributed by atoms with Crippen molar-refractivity contribution in [2.45, 2.75) is 0 Å². The third-order valence-corrected chi connectivity index (χ3v) is 2.65. The number of hydrogen-bond acceptors (Lipinski definition) is 2. The minimum absolute atomic E-state index is 0.0131. The average molecular weight is 237 g/mol. The van der Waals surface area contributed by atoms with Gasteiger partial charge in [-0.2, -0.15) is 0 Å². The summed E-state index contributed by atoms with van der Waals surface area (Å²) < 4.78 is 0. The molecule has 0 aliphatic heterocycles. The van der Waals surface area contributed by atoms with Crippen LogP contribution in [0.4, 0.5) is 5.69 Å². The number of nitrogens with two attached hydrogens (primary N) is 2. The molecule has 0 saturated carbocycles. The van der Waals surface area contributed by atoms with Gasteiger partial charge in [-0.25, -0.2) is 0 Å². The summed E-state index contributed by atoms with van der Waals surface area (Å²) >= 11 is 0. The van der Waals surface area contributed by atoms with Crippen LogP contribution < -0.4 is 11.5 Å². The lowest BCUT2D eigenvalue weighted by Gasteiger charge is -2.07. The molecule has 0 aliphatic carbocycles. The van der Waals surface area contributed by atoms with Crippen molar-refractivity contribution in [1.82, 2.24) is 0 Å². The van der Waals surface area contributed by atoms with Gasteiger partial charge in [-0.1, -0.05) is 54.6 Å². The van der Waals surface area contributed by atoms with Crippen molar-refractivity contribution in [2.24, 2.45) is 5.73 Å². The number of anilines is 1. The van der Waals surface area contributed by atoms with Gasteiger partial charge in [0.1, 0.15) is 5.84 Å². The summed E-state index contributed by atoms with van der Waals surface area (Å²) in [4.78, 5) is 0. The quantitative estimate of drug-likeness (QED) is 0.332. The lowest BCUT2D eigenvalue weighted by atomic mass is 10.0. The highest BCUT2D eigenvalue weighted by molar-refractivity contribution is 6.03. The van der Waals surface area contributed by atoms with E-state index < -0.39 is 0 Å². The van der Waals surface area contributed by atoms with Crippen molar-refractivity contribution in [1.29, 1.82) is 5.41 Å². The zero-order valence-corrected chi connectivity index (χ0v) is 9.93. The molecule has 3 nitrogen and oxygen atoms in total. The molecular weight excluding hydrogens is 222 g/mol. The van der Waals surface area contributed by atoms with Crippen LogP contribution in [0.2, 0.25) is 0 Å². The monoisotopic (exact) mass is 237 g/mol. The average Bonchev–Trinajstić information content (AvgIpc) is 2.37. The van der Waals surface area contributed by atoms with Crippen LogP contribution in [0.1, 0.15) is 16.7 Å². The van der Waals surface area contributed by atoms with Gasteiger partial charge in [0.25, 0.3) is 0 Å². The predicted molar refractivity (Wildman–Crippen MR) is 77.2 cm³/mol. The minimum atomic E-state index is -0.0131. The van der Waals surface area contributed by atoms with Crippen LogP contribution >= 0.6 is 0 Å². The van der Waals surface area contributed by atoms with E-state index in [1.807, 2.05) is 54.6 Å². The fourth-order valence-electron chi connectivity index (χ4n) is 1.79.